The fourth-order valence-electron chi connectivity index (χ4n) is 1.53. The van der Waals surface area contributed by atoms with Crippen LogP contribution in [0.2, 0.25) is 0 Å². The van der Waals surface area contributed by atoms with Crippen LogP contribution in [-0.2, 0) is 16.1 Å². The largest absolute Gasteiger partial charge is 0.351 e. The molecule has 2 rings (SSSR count). The predicted molar refractivity (Wildman–Crippen MR) is 62.5 cm³/mol. The van der Waals surface area contributed by atoms with E-state index < -0.39 is 0 Å². The molecule has 0 radical (unpaired) electrons. The number of hydrogen-bond donors (Lipinski definition) is 2. The number of rotatable bonds is 5. The van der Waals surface area contributed by atoms with Gasteiger partial charge in [0, 0.05) is 25.9 Å². The molecule has 1 aliphatic heterocycles. The van der Waals surface area contributed by atoms with Crippen LogP contribution in [0.1, 0.15) is 19.3 Å². The molecule has 0 spiro atoms. The summed E-state index contributed by atoms with van der Waals surface area (Å²) in [6.07, 6.45) is 4.56. The van der Waals surface area contributed by atoms with Gasteiger partial charge in [-0.3, -0.25) is 14.3 Å². The molecule has 0 unspecified atom stereocenters. The molecule has 18 heavy (non-hydrogen) atoms. The van der Waals surface area contributed by atoms with Crippen LogP contribution in [0, 0.1) is 0 Å². The van der Waals surface area contributed by atoms with Gasteiger partial charge in [-0.2, -0.15) is 10.2 Å². The molecule has 0 aromatic carbocycles. The number of hydrogen-bond acceptors (Lipinski definition) is 5. The Morgan fingerprint density at radius 3 is 3.06 bits per heavy atom. The van der Waals surface area contributed by atoms with Crippen molar-refractivity contribution >= 4 is 17.5 Å². The molecule has 0 bridgehead atoms. The Hall–Kier alpha value is -2.25. The second-order valence-electron chi connectivity index (χ2n) is 3.86. The third kappa shape index (κ3) is 3.37. The highest BCUT2D eigenvalue weighted by atomic mass is 16.2. The molecular weight excluding hydrogens is 236 g/mol. The minimum Gasteiger partial charge on any atom is -0.351 e. The van der Waals surface area contributed by atoms with Crippen LogP contribution in [0.4, 0.5) is 0 Å². The molecule has 1 aromatic rings. The Morgan fingerprint density at radius 2 is 2.39 bits per heavy atom. The highest BCUT2D eigenvalue weighted by Gasteiger charge is 2.17. The summed E-state index contributed by atoms with van der Waals surface area (Å²) in [5.74, 6) is -0.383. The number of hydrazone groups is 1. The Balaban J connectivity index is 1.67. The lowest BCUT2D eigenvalue weighted by Crippen LogP contribution is -2.37. The minimum atomic E-state index is -0.228. The Morgan fingerprint density at radius 1 is 1.50 bits per heavy atom. The van der Waals surface area contributed by atoms with Crippen LogP contribution < -0.4 is 10.7 Å². The monoisotopic (exact) mass is 250 g/mol. The van der Waals surface area contributed by atoms with Crippen LogP contribution in [-0.4, -0.2) is 38.8 Å². The fourth-order valence-corrected chi connectivity index (χ4v) is 1.53. The quantitative estimate of drug-likeness (QED) is 0.658. The van der Waals surface area contributed by atoms with E-state index in [2.05, 4.69) is 25.9 Å². The molecular formula is C10H14N6O2. The first-order valence-corrected chi connectivity index (χ1v) is 5.72. The van der Waals surface area contributed by atoms with E-state index in [1.165, 1.54) is 6.33 Å². The summed E-state index contributed by atoms with van der Waals surface area (Å²) in [4.78, 5) is 26.3. The van der Waals surface area contributed by atoms with Crippen molar-refractivity contribution in [2.45, 2.75) is 25.8 Å². The normalized spacial score (nSPS) is 14.9. The SMILES string of the molecule is O=C1CCC(C(=O)NCCCn2cncn2)=NN1. The molecule has 2 heterocycles. The number of carbonyl (C=O) groups excluding carboxylic acids is 2. The average molecular weight is 250 g/mol. The summed E-state index contributed by atoms with van der Waals surface area (Å²) in [7, 11) is 0. The molecule has 0 aliphatic carbocycles. The maximum Gasteiger partial charge on any atom is 0.267 e. The molecule has 8 nitrogen and oxygen atoms in total. The minimum absolute atomic E-state index is 0.155. The summed E-state index contributed by atoms with van der Waals surface area (Å²) in [5, 5.41) is 10.4. The molecule has 0 saturated carbocycles. The number of nitrogens with one attached hydrogen (secondary N) is 2. The zero-order chi connectivity index (χ0) is 12.8. The van der Waals surface area contributed by atoms with Crippen molar-refractivity contribution in [3.63, 3.8) is 0 Å². The number of carbonyl (C=O) groups is 2. The van der Waals surface area contributed by atoms with Gasteiger partial charge >= 0.3 is 0 Å². The third-order valence-electron chi connectivity index (χ3n) is 2.48. The van der Waals surface area contributed by atoms with Crippen molar-refractivity contribution in [1.29, 1.82) is 0 Å². The molecule has 0 saturated heterocycles. The molecule has 1 aromatic heterocycles. The van der Waals surface area contributed by atoms with E-state index in [0.717, 1.165) is 6.42 Å². The Kier molecular flexibility index (Phi) is 4.00. The summed E-state index contributed by atoms with van der Waals surface area (Å²) in [6, 6.07) is 0. The van der Waals surface area contributed by atoms with Crippen molar-refractivity contribution in [3.05, 3.63) is 12.7 Å². The fraction of sp³-hybridized carbons (Fsp3) is 0.500. The van der Waals surface area contributed by atoms with Crippen molar-refractivity contribution in [3.8, 4) is 0 Å². The average Bonchev–Trinajstić information content (AvgIpc) is 2.88. The zero-order valence-electron chi connectivity index (χ0n) is 9.80. The maximum absolute atomic E-state index is 11.6. The molecule has 96 valence electrons. The number of nitrogens with zero attached hydrogens (tertiary/aromatic N) is 4. The Bertz CT molecular complexity index is 453. The molecule has 1 aliphatic rings. The first kappa shape index (κ1) is 12.2. The summed E-state index contributed by atoms with van der Waals surface area (Å²) in [5.41, 5.74) is 2.66. The molecule has 8 heteroatoms. The third-order valence-corrected chi connectivity index (χ3v) is 2.48. The topological polar surface area (TPSA) is 101 Å². The number of aromatic nitrogens is 3. The molecule has 0 atom stereocenters. The second kappa shape index (κ2) is 5.89. The Labute approximate surface area is 103 Å². The lowest BCUT2D eigenvalue weighted by atomic mass is 10.1. The molecule has 0 fully saturated rings. The predicted octanol–water partition coefficient (Wildman–Crippen LogP) is -0.950. The summed E-state index contributed by atoms with van der Waals surface area (Å²) < 4.78 is 1.70. The van der Waals surface area contributed by atoms with Gasteiger partial charge in [-0.15, -0.1) is 0 Å². The lowest BCUT2D eigenvalue weighted by Gasteiger charge is -2.11. The van der Waals surface area contributed by atoms with Crippen molar-refractivity contribution in [1.82, 2.24) is 25.5 Å². The smallest absolute Gasteiger partial charge is 0.267 e. The van der Waals surface area contributed by atoms with Crippen LogP contribution >= 0.6 is 0 Å². The van der Waals surface area contributed by atoms with Gasteiger partial charge in [-0.25, -0.2) is 10.4 Å². The van der Waals surface area contributed by atoms with Crippen LogP contribution in [0.25, 0.3) is 0 Å². The maximum atomic E-state index is 11.6. The zero-order valence-corrected chi connectivity index (χ0v) is 9.80. The van der Waals surface area contributed by atoms with Gasteiger partial charge in [0.2, 0.25) is 5.91 Å². The van der Waals surface area contributed by atoms with E-state index in [1.807, 2.05) is 0 Å². The van der Waals surface area contributed by atoms with Crippen LogP contribution in [0.15, 0.2) is 17.8 Å². The van der Waals surface area contributed by atoms with Gasteiger partial charge in [0.15, 0.2) is 0 Å². The van der Waals surface area contributed by atoms with Crippen LogP contribution in [0.3, 0.4) is 0 Å². The standard InChI is InChI=1S/C10H14N6O2/c17-9-3-2-8(14-15-9)10(18)12-4-1-5-16-7-11-6-13-16/h6-7H,1-5H2,(H,12,18)(H,15,17). The van der Waals surface area contributed by atoms with Gasteiger partial charge in [0.1, 0.15) is 18.4 Å². The van der Waals surface area contributed by atoms with E-state index in [4.69, 9.17) is 0 Å². The summed E-state index contributed by atoms with van der Waals surface area (Å²) in [6.45, 7) is 1.23. The lowest BCUT2D eigenvalue weighted by molar-refractivity contribution is -0.121. The number of aryl methyl sites for hydroxylation is 1. The van der Waals surface area contributed by atoms with Gasteiger partial charge in [0.25, 0.3) is 5.91 Å². The second-order valence-corrected chi connectivity index (χ2v) is 3.86. The molecule has 2 amide bonds. The van der Waals surface area contributed by atoms with Gasteiger partial charge in [-0.1, -0.05) is 0 Å². The van der Waals surface area contributed by atoms with E-state index in [0.29, 0.717) is 31.6 Å². The van der Waals surface area contributed by atoms with E-state index in [1.54, 1.807) is 11.0 Å². The number of amides is 2. The van der Waals surface area contributed by atoms with Gasteiger partial charge < -0.3 is 5.32 Å². The highest BCUT2D eigenvalue weighted by molar-refractivity contribution is 6.39. The first-order valence-electron chi connectivity index (χ1n) is 5.72. The summed E-state index contributed by atoms with van der Waals surface area (Å²) >= 11 is 0. The van der Waals surface area contributed by atoms with Crippen LogP contribution in [0.5, 0.6) is 0 Å². The van der Waals surface area contributed by atoms with Crippen molar-refractivity contribution in [2.24, 2.45) is 5.10 Å². The highest BCUT2D eigenvalue weighted by Crippen LogP contribution is 1.99. The van der Waals surface area contributed by atoms with Crippen molar-refractivity contribution < 1.29 is 9.59 Å². The van der Waals surface area contributed by atoms with E-state index in [9.17, 15) is 9.59 Å². The molecule has 2 N–H and O–H groups in total. The van der Waals surface area contributed by atoms with Gasteiger partial charge in [-0.05, 0) is 6.42 Å². The van der Waals surface area contributed by atoms with E-state index >= 15 is 0 Å². The van der Waals surface area contributed by atoms with Gasteiger partial charge in [0.05, 0.1) is 0 Å². The van der Waals surface area contributed by atoms with E-state index in [-0.39, 0.29) is 11.8 Å². The first-order chi connectivity index (χ1) is 8.75. The van der Waals surface area contributed by atoms with Crippen molar-refractivity contribution in [2.75, 3.05) is 6.54 Å².